The van der Waals surface area contributed by atoms with Gasteiger partial charge in [0.25, 0.3) is 5.91 Å². The van der Waals surface area contributed by atoms with Crippen molar-refractivity contribution in [1.29, 1.82) is 5.26 Å². The van der Waals surface area contributed by atoms with Crippen LogP contribution < -0.4 is 4.74 Å². The van der Waals surface area contributed by atoms with Gasteiger partial charge >= 0.3 is 0 Å². The summed E-state index contributed by atoms with van der Waals surface area (Å²) in [5.74, 6) is 0.720. The fourth-order valence-electron chi connectivity index (χ4n) is 2.49. The van der Waals surface area contributed by atoms with Gasteiger partial charge in [0, 0.05) is 44.7 Å². The second-order valence-corrected chi connectivity index (χ2v) is 5.82. The molecule has 1 aliphatic rings. The first-order valence-corrected chi connectivity index (χ1v) is 7.86. The molecular weight excluding hydrogens is 290 g/mol. The first-order chi connectivity index (χ1) is 11.1. The highest BCUT2D eigenvalue weighted by molar-refractivity contribution is 5.94. The average Bonchev–Trinajstić information content (AvgIpc) is 2.58. The van der Waals surface area contributed by atoms with Gasteiger partial charge in [0.1, 0.15) is 12.4 Å². The van der Waals surface area contributed by atoms with E-state index in [2.05, 4.69) is 17.5 Å². The van der Waals surface area contributed by atoms with E-state index in [9.17, 15) is 4.79 Å². The predicted molar refractivity (Wildman–Crippen MR) is 89.3 cm³/mol. The average molecular weight is 313 g/mol. The molecule has 0 unspecified atom stereocenters. The Morgan fingerprint density at radius 2 is 2.09 bits per heavy atom. The van der Waals surface area contributed by atoms with Gasteiger partial charge in [-0.15, -0.1) is 0 Å². The van der Waals surface area contributed by atoms with E-state index < -0.39 is 0 Å². The highest BCUT2D eigenvalue weighted by Crippen LogP contribution is 2.16. The maximum absolute atomic E-state index is 12.6. The summed E-state index contributed by atoms with van der Waals surface area (Å²) in [6.45, 7) is 9.97. The van der Waals surface area contributed by atoms with Crippen molar-refractivity contribution in [2.75, 3.05) is 39.3 Å². The second kappa shape index (κ2) is 8.35. The minimum Gasteiger partial charge on any atom is -0.489 e. The zero-order valence-electron chi connectivity index (χ0n) is 13.6. The van der Waals surface area contributed by atoms with Crippen molar-refractivity contribution in [3.63, 3.8) is 0 Å². The molecule has 23 heavy (non-hydrogen) atoms. The third-order valence-electron chi connectivity index (χ3n) is 3.77. The number of hydrogen-bond acceptors (Lipinski definition) is 4. The Labute approximate surface area is 137 Å². The first kappa shape index (κ1) is 17.0. The third-order valence-corrected chi connectivity index (χ3v) is 3.77. The molecular formula is C18H23N3O2. The molecule has 1 heterocycles. The van der Waals surface area contributed by atoms with Crippen LogP contribution in [0.4, 0.5) is 0 Å². The van der Waals surface area contributed by atoms with E-state index in [0.29, 0.717) is 37.4 Å². The lowest BCUT2D eigenvalue weighted by Crippen LogP contribution is -2.48. The number of nitrogens with zero attached hydrogens (tertiary/aromatic N) is 3. The molecule has 1 aliphatic heterocycles. The van der Waals surface area contributed by atoms with Crippen LogP contribution in [0.15, 0.2) is 36.4 Å². The Morgan fingerprint density at radius 1 is 1.35 bits per heavy atom. The van der Waals surface area contributed by atoms with Crippen molar-refractivity contribution >= 4 is 5.91 Å². The fraction of sp³-hybridized carbons (Fsp3) is 0.444. The van der Waals surface area contributed by atoms with Crippen LogP contribution in [-0.4, -0.2) is 55.0 Å². The highest BCUT2D eigenvalue weighted by atomic mass is 16.5. The van der Waals surface area contributed by atoms with E-state index in [1.54, 1.807) is 6.07 Å². The lowest BCUT2D eigenvalue weighted by Gasteiger charge is -2.34. The smallest absolute Gasteiger partial charge is 0.254 e. The maximum Gasteiger partial charge on any atom is 0.254 e. The molecule has 5 nitrogen and oxygen atoms in total. The molecule has 5 heteroatoms. The lowest BCUT2D eigenvalue weighted by atomic mass is 10.1. The standard InChI is InChI=1S/C18H23N3O2/c1-15(2)14-23-17-6-3-5-16(13-17)18(22)21-11-9-20(10-12-21)8-4-7-19/h3,5-6,13H,1,4,8-12,14H2,2H3. The van der Waals surface area contributed by atoms with Crippen LogP contribution in [0.2, 0.25) is 0 Å². The molecule has 0 atom stereocenters. The molecule has 0 bridgehead atoms. The number of amides is 1. The first-order valence-electron chi connectivity index (χ1n) is 7.86. The summed E-state index contributed by atoms with van der Waals surface area (Å²) in [4.78, 5) is 16.7. The van der Waals surface area contributed by atoms with Crippen LogP contribution in [0.5, 0.6) is 5.75 Å². The molecule has 0 radical (unpaired) electrons. The summed E-state index contributed by atoms with van der Waals surface area (Å²) < 4.78 is 5.60. The second-order valence-electron chi connectivity index (χ2n) is 5.82. The zero-order chi connectivity index (χ0) is 16.7. The van der Waals surface area contributed by atoms with Crippen LogP contribution in [0.1, 0.15) is 23.7 Å². The molecule has 0 N–H and O–H groups in total. The SMILES string of the molecule is C=C(C)COc1cccc(C(=O)N2CCN(CCC#N)CC2)c1. The molecule has 1 fully saturated rings. The molecule has 1 amide bonds. The van der Waals surface area contributed by atoms with Gasteiger partial charge in [-0.25, -0.2) is 0 Å². The molecule has 0 aliphatic carbocycles. The lowest BCUT2D eigenvalue weighted by molar-refractivity contribution is 0.0639. The number of hydrogen-bond donors (Lipinski definition) is 0. The van der Waals surface area contributed by atoms with E-state index in [-0.39, 0.29) is 5.91 Å². The quantitative estimate of drug-likeness (QED) is 0.756. The zero-order valence-corrected chi connectivity index (χ0v) is 13.6. The summed E-state index contributed by atoms with van der Waals surface area (Å²) in [6, 6.07) is 9.45. The Kier molecular flexibility index (Phi) is 6.19. The summed E-state index contributed by atoms with van der Waals surface area (Å²) in [5, 5.41) is 8.63. The van der Waals surface area contributed by atoms with Gasteiger partial charge in [-0.05, 0) is 30.7 Å². The summed E-state index contributed by atoms with van der Waals surface area (Å²) >= 11 is 0. The predicted octanol–water partition coefficient (Wildman–Crippen LogP) is 2.31. The Hall–Kier alpha value is -2.32. The third kappa shape index (κ3) is 5.11. The Bertz CT molecular complexity index is 599. The van der Waals surface area contributed by atoms with Crippen LogP contribution in [0.3, 0.4) is 0 Å². The van der Waals surface area contributed by atoms with E-state index in [1.165, 1.54) is 0 Å². The van der Waals surface area contributed by atoms with Crippen LogP contribution in [0, 0.1) is 11.3 Å². The van der Waals surface area contributed by atoms with Gasteiger partial charge in [-0.3, -0.25) is 9.69 Å². The number of rotatable bonds is 6. The highest BCUT2D eigenvalue weighted by Gasteiger charge is 2.22. The molecule has 1 saturated heterocycles. The molecule has 122 valence electrons. The molecule has 0 aromatic heterocycles. The molecule has 0 saturated carbocycles. The number of carbonyl (C=O) groups is 1. The van der Waals surface area contributed by atoms with E-state index in [1.807, 2.05) is 30.0 Å². The van der Waals surface area contributed by atoms with Gasteiger partial charge < -0.3 is 9.64 Å². The van der Waals surface area contributed by atoms with Gasteiger partial charge in [-0.2, -0.15) is 5.26 Å². The Balaban J connectivity index is 1.92. The molecule has 1 aromatic rings. The van der Waals surface area contributed by atoms with E-state index in [4.69, 9.17) is 10.00 Å². The van der Waals surface area contributed by atoms with Crippen LogP contribution >= 0.6 is 0 Å². The van der Waals surface area contributed by atoms with E-state index >= 15 is 0 Å². The van der Waals surface area contributed by atoms with Crippen molar-refractivity contribution in [1.82, 2.24) is 9.80 Å². The minimum absolute atomic E-state index is 0.0331. The van der Waals surface area contributed by atoms with Gasteiger partial charge in [0.2, 0.25) is 0 Å². The number of ether oxygens (including phenoxy) is 1. The van der Waals surface area contributed by atoms with Crippen LogP contribution in [0.25, 0.3) is 0 Å². The van der Waals surface area contributed by atoms with Crippen molar-refractivity contribution in [3.8, 4) is 11.8 Å². The van der Waals surface area contributed by atoms with Crippen molar-refractivity contribution in [3.05, 3.63) is 42.0 Å². The number of benzene rings is 1. The summed E-state index contributed by atoms with van der Waals surface area (Å²) in [5.41, 5.74) is 1.59. The number of carbonyl (C=O) groups excluding carboxylic acids is 1. The van der Waals surface area contributed by atoms with Crippen molar-refractivity contribution in [2.45, 2.75) is 13.3 Å². The maximum atomic E-state index is 12.6. The van der Waals surface area contributed by atoms with Crippen LogP contribution in [-0.2, 0) is 0 Å². The largest absolute Gasteiger partial charge is 0.489 e. The molecule has 0 spiro atoms. The summed E-state index contributed by atoms with van der Waals surface area (Å²) in [6.07, 6.45) is 0.538. The minimum atomic E-state index is 0.0331. The van der Waals surface area contributed by atoms with Crippen molar-refractivity contribution in [2.24, 2.45) is 0 Å². The fourth-order valence-corrected chi connectivity index (χ4v) is 2.49. The monoisotopic (exact) mass is 313 g/mol. The Morgan fingerprint density at radius 3 is 2.74 bits per heavy atom. The number of piperazine rings is 1. The molecule has 2 rings (SSSR count). The molecule has 1 aromatic carbocycles. The van der Waals surface area contributed by atoms with Gasteiger partial charge in [0.05, 0.1) is 6.07 Å². The topological polar surface area (TPSA) is 56.6 Å². The summed E-state index contributed by atoms with van der Waals surface area (Å²) in [7, 11) is 0. The number of nitriles is 1. The van der Waals surface area contributed by atoms with Crippen molar-refractivity contribution < 1.29 is 9.53 Å². The van der Waals surface area contributed by atoms with E-state index in [0.717, 1.165) is 25.2 Å². The van der Waals surface area contributed by atoms with Gasteiger partial charge in [-0.1, -0.05) is 12.6 Å². The van der Waals surface area contributed by atoms with Gasteiger partial charge in [0.15, 0.2) is 0 Å². The normalized spacial score (nSPS) is 15.0.